The number of carboxylic acid groups (broad SMARTS) is 1. The second kappa shape index (κ2) is 7.53. The Balaban J connectivity index is 1.91. The highest BCUT2D eigenvalue weighted by molar-refractivity contribution is 7.91. The van der Waals surface area contributed by atoms with E-state index >= 15 is 0 Å². The summed E-state index contributed by atoms with van der Waals surface area (Å²) in [5, 5.41) is 11.7. The van der Waals surface area contributed by atoms with E-state index in [1.807, 2.05) is 0 Å². The van der Waals surface area contributed by atoms with Gasteiger partial charge >= 0.3 is 5.97 Å². The Labute approximate surface area is 161 Å². The van der Waals surface area contributed by atoms with E-state index in [1.54, 1.807) is 6.07 Å². The summed E-state index contributed by atoms with van der Waals surface area (Å²) in [5.41, 5.74) is 6.08. The van der Waals surface area contributed by atoms with E-state index in [0.29, 0.717) is 5.69 Å². The lowest BCUT2D eigenvalue weighted by atomic mass is 10.1. The van der Waals surface area contributed by atoms with Crippen molar-refractivity contribution in [2.45, 2.75) is 9.79 Å². The highest BCUT2D eigenvalue weighted by Gasteiger charge is 2.19. The van der Waals surface area contributed by atoms with Gasteiger partial charge in [-0.1, -0.05) is 18.2 Å². The normalized spacial score (nSPS) is 11.0. The molecule has 0 heterocycles. The van der Waals surface area contributed by atoms with Crippen molar-refractivity contribution in [3.63, 3.8) is 0 Å². The van der Waals surface area contributed by atoms with E-state index in [1.165, 1.54) is 66.7 Å². The summed E-state index contributed by atoms with van der Waals surface area (Å²) in [4.78, 5) is 23.8. The van der Waals surface area contributed by atoms with Gasteiger partial charge in [0.2, 0.25) is 9.84 Å². The molecule has 0 atom stereocenters. The smallest absolute Gasteiger partial charge is 0.336 e. The van der Waals surface area contributed by atoms with Gasteiger partial charge in [0.15, 0.2) is 0 Å². The number of rotatable bonds is 5. The highest BCUT2D eigenvalue weighted by atomic mass is 32.2. The number of carbonyl (C=O) groups is 2. The van der Waals surface area contributed by atoms with E-state index in [2.05, 4.69) is 5.32 Å². The second-order valence-electron chi connectivity index (χ2n) is 5.91. The summed E-state index contributed by atoms with van der Waals surface area (Å²) < 4.78 is 25.5. The number of anilines is 2. The van der Waals surface area contributed by atoms with Crippen LogP contribution >= 0.6 is 0 Å². The third kappa shape index (κ3) is 3.86. The Kier molecular flexibility index (Phi) is 5.14. The van der Waals surface area contributed by atoms with Crippen LogP contribution in [0.25, 0.3) is 0 Å². The lowest BCUT2D eigenvalue weighted by molar-refractivity contribution is 0.0692. The number of nitrogens with one attached hydrogen (secondary N) is 1. The standard InChI is InChI=1S/C20H16N2O5S/c21-13-8-10-15(11-9-13)28(26,27)16-5-3-4-14(12-16)22-19(23)17-6-1-2-7-18(17)20(24)25/h1-12H,21H2,(H,22,23)(H,24,25). The Morgan fingerprint density at radius 3 is 2.11 bits per heavy atom. The van der Waals surface area contributed by atoms with E-state index < -0.39 is 21.7 Å². The van der Waals surface area contributed by atoms with Crippen LogP contribution in [0.1, 0.15) is 20.7 Å². The van der Waals surface area contributed by atoms with Gasteiger partial charge < -0.3 is 16.2 Å². The predicted octanol–water partition coefficient (Wildman–Crippen LogP) is 3.05. The van der Waals surface area contributed by atoms with Crippen LogP contribution in [0.2, 0.25) is 0 Å². The van der Waals surface area contributed by atoms with Gasteiger partial charge in [-0.2, -0.15) is 0 Å². The first-order valence-corrected chi connectivity index (χ1v) is 9.62. The van der Waals surface area contributed by atoms with Crippen LogP contribution in [-0.4, -0.2) is 25.4 Å². The summed E-state index contributed by atoms with van der Waals surface area (Å²) in [5.74, 6) is -1.88. The van der Waals surface area contributed by atoms with Gasteiger partial charge in [-0.05, 0) is 54.6 Å². The number of hydrogen-bond acceptors (Lipinski definition) is 5. The Bertz CT molecular complexity index is 1160. The lowest BCUT2D eigenvalue weighted by Gasteiger charge is -2.10. The molecule has 3 rings (SSSR count). The van der Waals surface area contributed by atoms with Crippen molar-refractivity contribution in [2.24, 2.45) is 0 Å². The number of aromatic carboxylic acids is 1. The van der Waals surface area contributed by atoms with Gasteiger partial charge in [-0.3, -0.25) is 4.79 Å². The van der Waals surface area contributed by atoms with Crippen molar-refractivity contribution < 1.29 is 23.1 Å². The molecule has 0 bridgehead atoms. The van der Waals surface area contributed by atoms with Gasteiger partial charge in [-0.15, -0.1) is 0 Å². The molecular weight excluding hydrogens is 380 g/mol. The van der Waals surface area contributed by atoms with Crippen LogP contribution in [0.5, 0.6) is 0 Å². The highest BCUT2D eigenvalue weighted by Crippen LogP contribution is 2.24. The minimum absolute atomic E-state index is 0.0124. The van der Waals surface area contributed by atoms with Crippen LogP contribution < -0.4 is 11.1 Å². The molecule has 0 saturated carbocycles. The number of amides is 1. The molecule has 0 radical (unpaired) electrons. The molecule has 0 aliphatic carbocycles. The maximum atomic E-state index is 12.8. The molecule has 0 fully saturated rings. The fourth-order valence-corrected chi connectivity index (χ4v) is 3.90. The quantitative estimate of drug-likeness (QED) is 0.569. The van der Waals surface area contributed by atoms with Gasteiger partial charge in [0.1, 0.15) is 0 Å². The molecule has 28 heavy (non-hydrogen) atoms. The van der Waals surface area contributed by atoms with E-state index in [-0.39, 0.29) is 26.6 Å². The molecule has 0 saturated heterocycles. The Hall–Kier alpha value is -3.65. The van der Waals surface area contributed by atoms with Crippen LogP contribution in [0.15, 0.2) is 82.6 Å². The van der Waals surface area contributed by atoms with E-state index in [9.17, 15) is 23.1 Å². The molecule has 3 aromatic carbocycles. The molecule has 0 spiro atoms. The van der Waals surface area contributed by atoms with E-state index in [0.717, 1.165) is 0 Å². The first-order chi connectivity index (χ1) is 13.3. The largest absolute Gasteiger partial charge is 0.478 e. The summed E-state index contributed by atoms with van der Waals surface area (Å²) >= 11 is 0. The SMILES string of the molecule is Nc1ccc(S(=O)(=O)c2cccc(NC(=O)c3ccccc3C(=O)O)c2)cc1. The van der Waals surface area contributed by atoms with Crippen molar-refractivity contribution in [3.05, 3.63) is 83.9 Å². The fourth-order valence-electron chi connectivity index (χ4n) is 2.59. The monoisotopic (exact) mass is 396 g/mol. The first kappa shape index (κ1) is 19.1. The third-order valence-electron chi connectivity index (χ3n) is 3.99. The molecule has 8 heteroatoms. The average molecular weight is 396 g/mol. The van der Waals surface area contributed by atoms with Gasteiger partial charge in [0.05, 0.1) is 20.9 Å². The Morgan fingerprint density at radius 2 is 1.46 bits per heavy atom. The van der Waals surface area contributed by atoms with Crippen molar-refractivity contribution >= 4 is 33.1 Å². The number of nitrogen functional groups attached to an aromatic ring is 1. The van der Waals surface area contributed by atoms with Gasteiger partial charge in [0, 0.05) is 11.4 Å². The summed E-state index contributed by atoms with van der Waals surface area (Å²) in [6.45, 7) is 0. The van der Waals surface area contributed by atoms with Crippen LogP contribution in [0.4, 0.5) is 11.4 Å². The number of nitrogens with two attached hydrogens (primary N) is 1. The molecule has 7 nitrogen and oxygen atoms in total. The minimum atomic E-state index is -3.80. The zero-order valence-electron chi connectivity index (χ0n) is 14.5. The van der Waals surface area contributed by atoms with Crippen LogP contribution in [0, 0.1) is 0 Å². The molecule has 0 aliphatic rings. The molecular formula is C20H16N2O5S. The van der Waals surface area contributed by atoms with Crippen LogP contribution in [-0.2, 0) is 9.84 Å². The first-order valence-electron chi connectivity index (χ1n) is 8.13. The molecule has 142 valence electrons. The number of benzene rings is 3. The predicted molar refractivity (Wildman–Crippen MR) is 104 cm³/mol. The number of hydrogen-bond donors (Lipinski definition) is 3. The summed E-state index contributed by atoms with van der Waals surface area (Å²) in [6, 6.07) is 17.3. The molecule has 0 aromatic heterocycles. The van der Waals surface area contributed by atoms with Crippen molar-refractivity contribution in [1.82, 2.24) is 0 Å². The zero-order chi connectivity index (χ0) is 20.3. The molecule has 3 aromatic rings. The maximum absolute atomic E-state index is 12.8. The van der Waals surface area contributed by atoms with Crippen molar-refractivity contribution in [3.8, 4) is 0 Å². The fraction of sp³-hybridized carbons (Fsp3) is 0. The van der Waals surface area contributed by atoms with Crippen molar-refractivity contribution in [2.75, 3.05) is 11.1 Å². The second-order valence-corrected chi connectivity index (χ2v) is 7.85. The Morgan fingerprint density at radius 1 is 0.821 bits per heavy atom. The van der Waals surface area contributed by atoms with Crippen LogP contribution in [0.3, 0.4) is 0 Å². The number of carboxylic acids is 1. The average Bonchev–Trinajstić information content (AvgIpc) is 2.68. The molecule has 4 N–H and O–H groups in total. The summed E-state index contributed by atoms with van der Waals surface area (Å²) in [7, 11) is -3.80. The molecule has 1 amide bonds. The molecule has 0 aliphatic heterocycles. The third-order valence-corrected chi connectivity index (χ3v) is 5.76. The van der Waals surface area contributed by atoms with E-state index in [4.69, 9.17) is 5.73 Å². The van der Waals surface area contributed by atoms with Gasteiger partial charge in [0.25, 0.3) is 5.91 Å². The summed E-state index contributed by atoms with van der Waals surface area (Å²) in [6.07, 6.45) is 0. The maximum Gasteiger partial charge on any atom is 0.336 e. The topological polar surface area (TPSA) is 127 Å². The molecule has 0 unspecified atom stereocenters. The minimum Gasteiger partial charge on any atom is -0.478 e. The number of sulfone groups is 1. The zero-order valence-corrected chi connectivity index (χ0v) is 15.3. The van der Waals surface area contributed by atoms with Gasteiger partial charge in [-0.25, -0.2) is 13.2 Å². The van der Waals surface area contributed by atoms with Crippen molar-refractivity contribution in [1.29, 1.82) is 0 Å². The number of carbonyl (C=O) groups excluding carboxylic acids is 1. The lowest BCUT2D eigenvalue weighted by Crippen LogP contribution is -2.16.